The predicted molar refractivity (Wildman–Crippen MR) is 111 cm³/mol. The molecule has 29 heavy (non-hydrogen) atoms. The van der Waals surface area contributed by atoms with Crippen LogP contribution < -0.4 is 19.5 Å². The summed E-state index contributed by atoms with van der Waals surface area (Å²) >= 11 is 0. The largest absolute Gasteiger partial charge is 0.489 e. The lowest BCUT2D eigenvalue weighted by Gasteiger charge is -2.21. The molecule has 1 N–H and O–H groups in total. The van der Waals surface area contributed by atoms with Crippen LogP contribution in [-0.2, 0) is 6.61 Å². The van der Waals surface area contributed by atoms with Crippen molar-refractivity contribution in [2.45, 2.75) is 19.6 Å². The molecule has 148 valence electrons. The molecule has 0 bridgehead atoms. The molecule has 1 aliphatic rings. The molecule has 0 aliphatic carbocycles. The number of hydrogen-bond donors (Lipinski definition) is 1. The summed E-state index contributed by atoms with van der Waals surface area (Å²) in [7, 11) is 0. The maximum absolute atomic E-state index is 12.9. The van der Waals surface area contributed by atoms with E-state index < -0.39 is 0 Å². The Morgan fingerprint density at radius 1 is 0.966 bits per heavy atom. The first-order chi connectivity index (χ1) is 14.2. The normalized spacial score (nSPS) is 13.4. The molecule has 0 aromatic heterocycles. The van der Waals surface area contributed by atoms with Crippen LogP contribution in [0.2, 0.25) is 0 Å². The average molecular weight is 389 g/mol. The van der Waals surface area contributed by atoms with Crippen molar-refractivity contribution in [2.24, 2.45) is 0 Å². The van der Waals surface area contributed by atoms with E-state index in [0.29, 0.717) is 31.1 Å². The van der Waals surface area contributed by atoms with Crippen LogP contribution in [0.3, 0.4) is 0 Å². The summed E-state index contributed by atoms with van der Waals surface area (Å²) in [5.41, 5.74) is 2.40. The van der Waals surface area contributed by atoms with E-state index in [-0.39, 0.29) is 11.9 Å². The summed E-state index contributed by atoms with van der Waals surface area (Å²) < 4.78 is 17.0. The van der Waals surface area contributed by atoms with E-state index in [1.807, 2.05) is 79.7 Å². The Hall–Kier alpha value is -3.47. The van der Waals surface area contributed by atoms with E-state index in [2.05, 4.69) is 5.32 Å². The zero-order valence-corrected chi connectivity index (χ0v) is 16.3. The lowest BCUT2D eigenvalue weighted by Crippen LogP contribution is -2.28. The maximum Gasteiger partial charge on any atom is 0.252 e. The molecule has 1 atom stereocenters. The second kappa shape index (κ2) is 8.69. The van der Waals surface area contributed by atoms with Gasteiger partial charge in [-0.15, -0.1) is 0 Å². The Kier molecular flexibility index (Phi) is 5.66. The third-order valence-corrected chi connectivity index (χ3v) is 4.81. The summed E-state index contributed by atoms with van der Waals surface area (Å²) in [5, 5.41) is 3.07. The zero-order chi connectivity index (χ0) is 20.1. The highest BCUT2D eigenvalue weighted by Crippen LogP contribution is 2.32. The van der Waals surface area contributed by atoms with Crippen molar-refractivity contribution in [3.63, 3.8) is 0 Å². The van der Waals surface area contributed by atoms with Gasteiger partial charge in [-0.3, -0.25) is 4.79 Å². The minimum Gasteiger partial charge on any atom is -0.489 e. The highest BCUT2D eigenvalue weighted by molar-refractivity contribution is 5.95. The van der Waals surface area contributed by atoms with Crippen molar-refractivity contribution >= 4 is 5.91 Å². The Morgan fingerprint density at radius 2 is 1.69 bits per heavy atom. The summed E-state index contributed by atoms with van der Waals surface area (Å²) in [6.07, 6.45) is 0. The zero-order valence-electron chi connectivity index (χ0n) is 16.3. The van der Waals surface area contributed by atoms with Gasteiger partial charge in [0.2, 0.25) is 0 Å². The molecule has 0 unspecified atom stereocenters. The van der Waals surface area contributed by atoms with Gasteiger partial charge in [0.15, 0.2) is 11.5 Å². The number of ether oxygens (including phenoxy) is 3. The van der Waals surface area contributed by atoms with Gasteiger partial charge in [0.25, 0.3) is 5.91 Å². The van der Waals surface area contributed by atoms with Crippen molar-refractivity contribution < 1.29 is 19.0 Å². The van der Waals surface area contributed by atoms with Crippen LogP contribution in [0.15, 0.2) is 72.8 Å². The standard InChI is InChI=1S/C24H23NO4/c1-17(18-11-12-22-23(15-18)28-14-13-27-22)25-24(26)21-10-6-5-7-19(21)16-29-20-8-3-2-4-9-20/h2-12,15,17H,13-14,16H2,1H3,(H,25,26)/t17-/m1/s1. The Balaban J connectivity index is 1.45. The minimum atomic E-state index is -0.179. The number of para-hydroxylation sites is 1. The molecule has 3 aromatic carbocycles. The molecule has 0 fully saturated rings. The fourth-order valence-corrected chi connectivity index (χ4v) is 3.23. The van der Waals surface area contributed by atoms with Gasteiger partial charge in [0.1, 0.15) is 25.6 Å². The predicted octanol–water partition coefficient (Wildman–Crippen LogP) is 4.53. The molecular weight excluding hydrogens is 366 g/mol. The van der Waals surface area contributed by atoms with Crippen LogP contribution in [-0.4, -0.2) is 19.1 Å². The van der Waals surface area contributed by atoms with Crippen LogP contribution in [0.1, 0.15) is 34.5 Å². The Bertz CT molecular complexity index is 987. The van der Waals surface area contributed by atoms with Gasteiger partial charge in [0.05, 0.1) is 6.04 Å². The topological polar surface area (TPSA) is 56.8 Å². The first kappa shape index (κ1) is 18.9. The van der Waals surface area contributed by atoms with Crippen LogP contribution in [0.25, 0.3) is 0 Å². The Morgan fingerprint density at radius 3 is 2.52 bits per heavy atom. The third kappa shape index (κ3) is 4.51. The van der Waals surface area contributed by atoms with Crippen molar-refractivity contribution in [3.8, 4) is 17.2 Å². The van der Waals surface area contributed by atoms with Gasteiger partial charge in [-0.05, 0) is 42.8 Å². The number of benzene rings is 3. The van der Waals surface area contributed by atoms with E-state index in [9.17, 15) is 4.79 Å². The second-order valence-corrected chi connectivity index (χ2v) is 6.86. The molecule has 5 heteroatoms. The van der Waals surface area contributed by atoms with E-state index >= 15 is 0 Å². The van der Waals surface area contributed by atoms with Crippen molar-refractivity contribution in [1.29, 1.82) is 0 Å². The molecule has 0 saturated carbocycles. The van der Waals surface area contributed by atoms with Gasteiger partial charge in [0, 0.05) is 11.1 Å². The SMILES string of the molecule is C[C@@H](NC(=O)c1ccccc1COc1ccccc1)c1ccc2c(c1)OCCO2. The van der Waals surface area contributed by atoms with Crippen molar-refractivity contribution in [3.05, 3.63) is 89.5 Å². The number of rotatable bonds is 6. The molecule has 4 rings (SSSR count). The highest BCUT2D eigenvalue weighted by atomic mass is 16.6. The van der Waals surface area contributed by atoms with E-state index in [0.717, 1.165) is 22.6 Å². The van der Waals surface area contributed by atoms with E-state index in [1.54, 1.807) is 0 Å². The lowest BCUT2D eigenvalue weighted by molar-refractivity contribution is 0.0937. The monoisotopic (exact) mass is 389 g/mol. The van der Waals surface area contributed by atoms with Gasteiger partial charge in [-0.1, -0.05) is 42.5 Å². The van der Waals surface area contributed by atoms with E-state index in [1.165, 1.54) is 0 Å². The van der Waals surface area contributed by atoms with Gasteiger partial charge < -0.3 is 19.5 Å². The second-order valence-electron chi connectivity index (χ2n) is 6.86. The molecule has 0 spiro atoms. The van der Waals surface area contributed by atoms with Crippen molar-refractivity contribution in [1.82, 2.24) is 5.32 Å². The Labute approximate surface area is 170 Å². The summed E-state index contributed by atoms with van der Waals surface area (Å²) in [4.78, 5) is 12.9. The first-order valence-electron chi connectivity index (χ1n) is 9.67. The minimum absolute atomic E-state index is 0.139. The summed E-state index contributed by atoms with van der Waals surface area (Å²) in [6, 6.07) is 22.6. The number of amides is 1. The third-order valence-electron chi connectivity index (χ3n) is 4.81. The smallest absolute Gasteiger partial charge is 0.252 e. The maximum atomic E-state index is 12.9. The fourth-order valence-electron chi connectivity index (χ4n) is 3.23. The fraction of sp³-hybridized carbons (Fsp3) is 0.208. The molecule has 1 heterocycles. The lowest BCUT2D eigenvalue weighted by atomic mass is 10.0. The summed E-state index contributed by atoms with van der Waals surface area (Å²) in [5.74, 6) is 2.08. The average Bonchev–Trinajstić information content (AvgIpc) is 2.78. The first-order valence-corrected chi connectivity index (χ1v) is 9.67. The summed E-state index contributed by atoms with van der Waals surface area (Å²) in [6.45, 7) is 3.37. The molecule has 0 saturated heterocycles. The van der Waals surface area contributed by atoms with Gasteiger partial charge >= 0.3 is 0 Å². The number of carbonyl (C=O) groups is 1. The number of fused-ring (bicyclic) bond motifs is 1. The van der Waals surface area contributed by atoms with Crippen LogP contribution in [0.5, 0.6) is 17.2 Å². The number of hydrogen-bond acceptors (Lipinski definition) is 4. The highest BCUT2D eigenvalue weighted by Gasteiger charge is 2.18. The molecule has 1 aliphatic heterocycles. The van der Waals surface area contributed by atoms with Gasteiger partial charge in [-0.25, -0.2) is 0 Å². The van der Waals surface area contributed by atoms with E-state index in [4.69, 9.17) is 14.2 Å². The molecular formula is C24H23NO4. The molecule has 1 amide bonds. The van der Waals surface area contributed by atoms with Crippen LogP contribution in [0.4, 0.5) is 0 Å². The van der Waals surface area contributed by atoms with Crippen LogP contribution in [0, 0.1) is 0 Å². The number of nitrogens with one attached hydrogen (secondary N) is 1. The number of carbonyl (C=O) groups excluding carboxylic acids is 1. The quantitative estimate of drug-likeness (QED) is 0.673. The molecule has 5 nitrogen and oxygen atoms in total. The molecule has 0 radical (unpaired) electrons. The van der Waals surface area contributed by atoms with Crippen LogP contribution >= 0.6 is 0 Å². The van der Waals surface area contributed by atoms with Crippen molar-refractivity contribution in [2.75, 3.05) is 13.2 Å². The molecule has 3 aromatic rings. The van der Waals surface area contributed by atoms with Gasteiger partial charge in [-0.2, -0.15) is 0 Å².